The molecule has 0 bridgehead atoms. The number of aromatic nitrogens is 3. The number of carbonyl (C=O) groups is 1. The smallest absolute Gasteiger partial charge is 0.255 e. The molecule has 0 saturated carbocycles. The van der Waals surface area contributed by atoms with E-state index >= 15 is 0 Å². The van der Waals surface area contributed by atoms with Crippen molar-refractivity contribution in [2.45, 2.75) is 19.6 Å². The highest BCUT2D eigenvalue weighted by Gasteiger charge is 2.34. The van der Waals surface area contributed by atoms with Crippen LogP contribution in [0.15, 0.2) is 78.3 Å². The first kappa shape index (κ1) is 26.4. The van der Waals surface area contributed by atoms with Gasteiger partial charge in [0.15, 0.2) is 11.5 Å². The standard InChI is InChI=1S/C28H25Cl2N5O4/c1-16-25(27(36)34-21-9-4-5-10-22(21)37-2)26(35-28(33-16)31-15-32-35)17-11-12-23(24(13-17)38-3)39-14-18-19(29)7-6-8-20(18)30/h4-13,15,26H,14H2,1-3H3,(H,34,36)(H,31,32,33)/t26-/m0/s1. The van der Waals surface area contributed by atoms with E-state index < -0.39 is 6.04 Å². The molecule has 39 heavy (non-hydrogen) atoms. The van der Waals surface area contributed by atoms with Gasteiger partial charge in [-0.05, 0) is 48.9 Å². The molecule has 0 spiro atoms. The number of methoxy groups -OCH3 is 2. The Morgan fingerprint density at radius 3 is 2.49 bits per heavy atom. The fourth-order valence-electron chi connectivity index (χ4n) is 4.42. The maximum atomic E-state index is 13.7. The number of benzene rings is 3. The molecule has 1 atom stereocenters. The molecular formula is C28H25Cl2N5O4. The molecule has 0 aliphatic carbocycles. The summed E-state index contributed by atoms with van der Waals surface area (Å²) in [5, 5.41) is 11.6. The van der Waals surface area contributed by atoms with E-state index in [1.807, 2.05) is 31.2 Å². The number of ether oxygens (including phenoxy) is 3. The molecule has 200 valence electrons. The van der Waals surface area contributed by atoms with Gasteiger partial charge in [-0.25, -0.2) is 4.68 Å². The second-order valence-electron chi connectivity index (χ2n) is 8.65. The lowest BCUT2D eigenvalue weighted by atomic mass is 9.94. The summed E-state index contributed by atoms with van der Waals surface area (Å²) in [7, 11) is 3.10. The van der Waals surface area contributed by atoms with Gasteiger partial charge >= 0.3 is 0 Å². The highest BCUT2D eigenvalue weighted by molar-refractivity contribution is 6.35. The van der Waals surface area contributed by atoms with Gasteiger partial charge in [-0.3, -0.25) is 4.79 Å². The molecular weight excluding hydrogens is 541 g/mol. The predicted molar refractivity (Wildman–Crippen MR) is 150 cm³/mol. The maximum absolute atomic E-state index is 13.7. The van der Waals surface area contributed by atoms with Crippen LogP contribution in [0.3, 0.4) is 0 Å². The molecule has 2 heterocycles. The van der Waals surface area contributed by atoms with Crippen molar-refractivity contribution >= 4 is 40.7 Å². The highest BCUT2D eigenvalue weighted by atomic mass is 35.5. The first-order chi connectivity index (χ1) is 18.9. The van der Waals surface area contributed by atoms with Crippen molar-refractivity contribution in [3.05, 3.63) is 99.4 Å². The quantitative estimate of drug-likeness (QED) is 0.266. The second-order valence-corrected chi connectivity index (χ2v) is 9.46. The Labute approximate surface area is 235 Å². The molecule has 11 heteroatoms. The number of hydrogen-bond donors (Lipinski definition) is 2. The Bertz CT molecular complexity index is 1550. The average molecular weight is 566 g/mol. The number of anilines is 2. The number of nitrogens with one attached hydrogen (secondary N) is 2. The van der Waals surface area contributed by atoms with Crippen LogP contribution in [-0.4, -0.2) is 34.9 Å². The monoisotopic (exact) mass is 565 g/mol. The lowest BCUT2D eigenvalue weighted by molar-refractivity contribution is -0.113. The summed E-state index contributed by atoms with van der Waals surface area (Å²) < 4.78 is 18.7. The second kappa shape index (κ2) is 11.3. The normalized spacial score (nSPS) is 14.3. The topological polar surface area (TPSA) is 99.5 Å². The molecule has 1 aliphatic rings. The fourth-order valence-corrected chi connectivity index (χ4v) is 4.93. The fraction of sp³-hybridized carbons (Fsp3) is 0.179. The van der Waals surface area contributed by atoms with Crippen molar-refractivity contribution in [1.29, 1.82) is 0 Å². The summed E-state index contributed by atoms with van der Waals surface area (Å²) in [5.41, 5.74) is 3.06. The number of hydrogen-bond acceptors (Lipinski definition) is 7. The van der Waals surface area contributed by atoms with Crippen molar-refractivity contribution in [3.63, 3.8) is 0 Å². The number of rotatable bonds is 8. The Morgan fingerprint density at radius 2 is 1.74 bits per heavy atom. The Balaban J connectivity index is 1.49. The average Bonchev–Trinajstić information content (AvgIpc) is 3.40. The SMILES string of the molecule is COc1ccccc1NC(=O)C1=C(C)Nc2ncnn2[C@H]1c1ccc(OCc2c(Cl)cccc2Cl)c(OC)c1. The number of amides is 1. The molecule has 0 radical (unpaired) electrons. The Kier molecular flexibility index (Phi) is 7.63. The highest BCUT2D eigenvalue weighted by Crippen LogP contribution is 2.39. The van der Waals surface area contributed by atoms with Crippen LogP contribution >= 0.6 is 23.2 Å². The molecule has 0 fully saturated rings. The van der Waals surface area contributed by atoms with Crippen LogP contribution in [0.2, 0.25) is 10.0 Å². The third kappa shape index (κ3) is 5.23. The molecule has 9 nitrogen and oxygen atoms in total. The van der Waals surface area contributed by atoms with Gasteiger partial charge in [0.2, 0.25) is 5.95 Å². The molecule has 1 amide bonds. The van der Waals surface area contributed by atoms with Gasteiger partial charge in [0.1, 0.15) is 24.7 Å². The molecule has 1 aromatic heterocycles. The predicted octanol–water partition coefficient (Wildman–Crippen LogP) is 6.11. The number of fused-ring (bicyclic) bond motifs is 1. The summed E-state index contributed by atoms with van der Waals surface area (Å²) in [6, 6.07) is 17.4. The van der Waals surface area contributed by atoms with E-state index in [1.165, 1.54) is 6.33 Å². The van der Waals surface area contributed by atoms with Gasteiger partial charge in [0.05, 0.1) is 25.5 Å². The van der Waals surface area contributed by atoms with Crippen LogP contribution in [0.1, 0.15) is 24.1 Å². The summed E-state index contributed by atoms with van der Waals surface area (Å²) in [5.74, 6) is 1.71. The summed E-state index contributed by atoms with van der Waals surface area (Å²) in [4.78, 5) is 18.0. The van der Waals surface area contributed by atoms with Gasteiger partial charge in [0, 0.05) is 21.3 Å². The van der Waals surface area contributed by atoms with Crippen LogP contribution in [0, 0.1) is 0 Å². The van der Waals surface area contributed by atoms with E-state index in [1.54, 1.807) is 55.3 Å². The summed E-state index contributed by atoms with van der Waals surface area (Å²) in [6.07, 6.45) is 1.44. The van der Waals surface area contributed by atoms with Crippen molar-refractivity contribution in [2.24, 2.45) is 0 Å². The molecule has 1 aliphatic heterocycles. The summed E-state index contributed by atoms with van der Waals surface area (Å²) in [6.45, 7) is 1.98. The van der Waals surface area contributed by atoms with E-state index in [4.69, 9.17) is 37.4 Å². The summed E-state index contributed by atoms with van der Waals surface area (Å²) >= 11 is 12.6. The lowest BCUT2D eigenvalue weighted by Gasteiger charge is -2.29. The Morgan fingerprint density at radius 1 is 1.00 bits per heavy atom. The van der Waals surface area contributed by atoms with Gasteiger partial charge in [-0.1, -0.05) is 47.5 Å². The van der Waals surface area contributed by atoms with Crippen LogP contribution in [0.25, 0.3) is 0 Å². The molecule has 0 unspecified atom stereocenters. The van der Waals surface area contributed by atoms with Crippen molar-refractivity contribution in [3.8, 4) is 17.2 Å². The van der Waals surface area contributed by atoms with Crippen LogP contribution in [0.5, 0.6) is 17.2 Å². The molecule has 2 N–H and O–H groups in total. The van der Waals surface area contributed by atoms with E-state index in [0.29, 0.717) is 55.8 Å². The first-order valence-electron chi connectivity index (χ1n) is 12.0. The van der Waals surface area contributed by atoms with Gasteiger partial charge in [-0.2, -0.15) is 10.1 Å². The van der Waals surface area contributed by atoms with E-state index in [9.17, 15) is 4.79 Å². The van der Waals surface area contributed by atoms with Crippen LogP contribution in [-0.2, 0) is 11.4 Å². The third-order valence-corrected chi connectivity index (χ3v) is 7.04. The number of allylic oxidation sites excluding steroid dienone is 1. The maximum Gasteiger partial charge on any atom is 0.255 e. The van der Waals surface area contributed by atoms with Crippen LogP contribution < -0.4 is 24.8 Å². The molecule has 5 rings (SSSR count). The Hall–Kier alpha value is -4.21. The number of carbonyl (C=O) groups excluding carboxylic acids is 1. The minimum Gasteiger partial charge on any atom is -0.495 e. The molecule has 0 saturated heterocycles. The van der Waals surface area contributed by atoms with Crippen molar-refractivity contribution < 1.29 is 19.0 Å². The third-order valence-electron chi connectivity index (χ3n) is 6.33. The first-order valence-corrected chi connectivity index (χ1v) is 12.7. The van der Waals surface area contributed by atoms with E-state index in [2.05, 4.69) is 20.7 Å². The zero-order valence-electron chi connectivity index (χ0n) is 21.4. The van der Waals surface area contributed by atoms with E-state index in [0.717, 1.165) is 5.56 Å². The van der Waals surface area contributed by atoms with Gasteiger partial charge in [0.25, 0.3) is 5.91 Å². The van der Waals surface area contributed by atoms with Crippen molar-refractivity contribution in [1.82, 2.24) is 14.8 Å². The zero-order valence-corrected chi connectivity index (χ0v) is 22.9. The minimum atomic E-state index is -0.598. The number of halogens is 2. The van der Waals surface area contributed by atoms with Crippen molar-refractivity contribution in [2.75, 3.05) is 24.9 Å². The number of para-hydroxylation sites is 2. The molecule has 4 aromatic rings. The minimum absolute atomic E-state index is 0.153. The largest absolute Gasteiger partial charge is 0.495 e. The van der Waals surface area contributed by atoms with Gasteiger partial charge in [-0.15, -0.1) is 0 Å². The number of nitrogens with zero attached hydrogens (tertiary/aromatic N) is 3. The van der Waals surface area contributed by atoms with Crippen LogP contribution in [0.4, 0.5) is 11.6 Å². The van der Waals surface area contributed by atoms with E-state index in [-0.39, 0.29) is 12.5 Å². The zero-order chi connectivity index (χ0) is 27.5. The molecule has 3 aromatic carbocycles. The van der Waals surface area contributed by atoms with Gasteiger partial charge < -0.3 is 24.8 Å². The lowest BCUT2D eigenvalue weighted by Crippen LogP contribution is -2.31.